The highest BCUT2D eigenvalue weighted by molar-refractivity contribution is 6.02. The van der Waals surface area contributed by atoms with Gasteiger partial charge in [0.05, 0.1) is 19.9 Å². The molecule has 1 N–H and O–H groups in total. The van der Waals surface area contributed by atoms with E-state index in [9.17, 15) is 9.18 Å². The topological polar surface area (TPSA) is 76.8 Å². The maximum Gasteiger partial charge on any atom is 0.294 e. The van der Waals surface area contributed by atoms with Crippen LogP contribution in [0.1, 0.15) is 40.6 Å². The van der Waals surface area contributed by atoms with Gasteiger partial charge in [0.25, 0.3) is 5.91 Å². The van der Waals surface area contributed by atoms with Gasteiger partial charge in [-0.15, -0.1) is 0 Å². The maximum atomic E-state index is 13.4. The van der Waals surface area contributed by atoms with E-state index < -0.39 is 0 Å². The summed E-state index contributed by atoms with van der Waals surface area (Å²) in [5, 5.41) is 6.93. The Hall–Kier alpha value is -3.39. The minimum atomic E-state index is -0.375. The average molecular weight is 439 g/mol. The Balaban J connectivity index is 1.33. The van der Waals surface area contributed by atoms with E-state index in [1.165, 1.54) is 13.2 Å². The van der Waals surface area contributed by atoms with E-state index >= 15 is 0 Å². The van der Waals surface area contributed by atoms with Crippen molar-refractivity contribution in [2.45, 2.75) is 25.3 Å². The van der Waals surface area contributed by atoms with Crippen molar-refractivity contribution >= 4 is 11.6 Å². The molecule has 1 fully saturated rings. The van der Waals surface area contributed by atoms with E-state index in [1.54, 1.807) is 43.5 Å². The number of hydrogen-bond acceptors (Lipinski definition) is 6. The number of carbonyl (C=O) groups is 1. The average Bonchev–Trinajstić information content (AvgIpc) is 3.30. The van der Waals surface area contributed by atoms with Crippen molar-refractivity contribution in [2.24, 2.45) is 0 Å². The predicted octanol–water partition coefficient (Wildman–Crippen LogP) is 4.46. The molecule has 0 bridgehead atoms. The summed E-state index contributed by atoms with van der Waals surface area (Å²) in [5.41, 5.74) is 2.32. The largest absolute Gasteiger partial charge is 0.493 e. The Morgan fingerprint density at radius 1 is 1.12 bits per heavy atom. The SMILES string of the molecule is COc1ccc(NC(=O)c2cc(C3CCN(Cc4cccc(F)c4)CC3)no2)cc1OC. The van der Waals surface area contributed by atoms with Crippen molar-refractivity contribution in [2.75, 3.05) is 32.6 Å². The molecule has 0 radical (unpaired) electrons. The summed E-state index contributed by atoms with van der Waals surface area (Å²) >= 11 is 0. The van der Waals surface area contributed by atoms with E-state index in [1.807, 2.05) is 6.07 Å². The number of nitrogens with one attached hydrogen (secondary N) is 1. The second kappa shape index (κ2) is 9.82. The van der Waals surface area contributed by atoms with Crippen molar-refractivity contribution in [1.29, 1.82) is 0 Å². The summed E-state index contributed by atoms with van der Waals surface area (Å²) in [6.45, 7) is 2.48. The maximum absolute atomic E-state index is 13.4. The summed E-state index contributed by atoms with van der Waals surface area (Å²) in [6.07, 6.45) is 1.80. The van der Waals surface area contributed by atoms with Gasteiger partial charge in [0.2, 0.25) is 5.76 Å². The van der Waals surface area contributed by atoms with Crippen molar-refractivity contribution in [1.82, 2.24) is 10.1 Å². The van der Waals surface area contributed by atoms with Gasteiger partial charge in [0.1, 0.15) is 5.82 Å². The van der Waals surface area contributed by atoms with Crippen molar-refractivity contribution in [3.05, 3.63) is 71.4 Å². The summed E-state index contributed by atoms with van der Waals surface area (Å²) in [6, 6.07) is 13.6. The highest BCUT2D eigenvalue weighted by Gasteiger charge is 2.25. The summed E-state index contributed by atoms with van der Waals surface area (Å²) in [4.78, 5) is 14.9. The monoisotopic (exact) mass is 439 g/mol. The van der Waals surface area contributed by atoms with Crippen LogP contribution in [0, 0.1) is 5.82 Å². The Kier molecular flexibility index (Phi) is 6.70. The molecule has 0 spiro atoms. The standard InChI is InChI=1S/C24H26FN3O4/c1-30-21-7-6-19(13-22(21)31-2)26-24(29)23-14-20(27-32-23)17-8-10-28(11-9-17)15-16-4-3-5-18(25)12-16/h3-7,12-14,17H,8-11,15H2,1-2H3,(H,26,29). The van der Waals surface area contributed by atoms with Gasteiger partial charge in [-0.25, -0.2) is 4.39 Å². The lowest BCUT2D eigenvalue weighted by atomic mass is 9.93. The third kappa shape index (κ3) is 5.08. The van der Waals surface area contributed by atoms with Crippen molar-refractivity contribution in [3.63, 3.8) is 0 Å². The first kappa shape index (κ1) is 21.8. The molecule has 2 aromatic carbocycles. The first-order valence-corrected chi connectivity index (χ1v) is 10.5. The zero-order chi connectivity index (χ0) is 22.5. The molecule has 7 nitrogen and oxygen atoms in total. The second-order valence-corrected chi connectivity index (χ2v) is 7.82. The van der Waals surface area contributed by atoms with Gasteiger partial charge in [0, 0.05) is 30.3 Å². The number of methoxy groups -OCH3 is 2. The molecule has 32 heavy (non-hydrogen) atoms. The number of nitrogens with zero attached hydrogens (tertiary/aromatic N) is 2. The van der Waals surface area contributed by atoms with E-state index in [0.717, 1.165) is 43.7 Å². The molecule has 1 aromatic heterocycles. The molecular formula is C24H26FN3O4. The molecule has 2 heterocycles. The number of ether oxygens (including phenoxy) is 2. The van der Waals surface area contributed by atoms with E-state index in [0.29, 0.717) is 17.2 Å². The van der Waals surface area contributed by atoms with Gasteiger partial charge in [-0.3, -0.25) is 9.69 Å². The summed E-state index contributed by atoms with van der Waals surface area (Å²) in [5.74, 6) is 0.908. The van der Waals surface area contributed by atoms with Crippen LogP contribution in [-0.4, -0.2) is 43.3 Å². The number of anilines is 1. The lowest BCUT2D eigenvalue weighted by molar-refractivity contribution is 0.0987. The van der Waals surface area contributed by atoms with Crippen LogP contribution in [0.15, 0.2) is 53.1 Å². The molecule has 8 heteroatoms. The minimum Gasteiger partial charge on any atom is -0.493 e. The fraction of sp³-hybridized carbons (Fsp3) is 0.333. The molecule has 0 atom stereocenters. The van der Waals surface area contributed by atoms with E-state index in [2.05, 4.69) is 15.4 Å². The molecule has 0 unspecified atom stereocenters. The Morgan fingerprint density at radius 3 is 2.62 bits per heavy atom. The predicted molar refractivity (Wildman–Crippen MR) is 118 cm³/mol. The Labute approximate surface area is 186 Å². The van der Waals surface area contributed by atoms with Crippen LogP contribution in [0.4, 0.5) is 10.1 Å². The smallest absolute Gasteiger partial charge is 0.294 e. The fourth-order valence-corrected chi connectivity index (χ4v) is 3.98. The van der Waals surface area contributed by atoms with Gasteiger partial charge in [-0.2, -0.15) is 0 Å². The van der Waals surface area contributed by atoms with Gasteiger partial charge in [0.15, 0.2) is 11.5 Å². The molecule has 4 rings (SSSR count). The number of hydrogen-bond donors (Lipinski definition) is 1. The third-order valence-electron chi connectivity index (χ3n) is 5.69. The highest BCUT2D eigenvalue weighted by atomic mass is 19.1. The van der Waals surface area contributed by atoms with Crippen LogP contribution in [0.3, 0.4) is 0 Å². The van der Waals surface area contributed by atoms with E-state index in [4.69, 9.17) is 14.0 Å². The Bertz CT molecular complexity index is 1080. The van der Waals surface area contributed by atoms with Crippen LogP contribution in [0.25, 0.3) is 0 Å². The quantitative estimate of drug-likeness (QED) is 0.586. The molecule has 1 amide bonds. The van der Waals surface area contributed by atoms with Gasteiger partial charge < -0.3 is 19.3 Å². The molecule has 1 aliphatic heterocycles. The molecule has 1 saturated heterocycles. The normalized spacial score (nSPS) is 14.8. The lowest BCUT2D eigenvalue weighted by Crippen LogP contribution is -2.32. The number of aromatic nitrogens is 1. The molecule has 1 aliphatic rings. The zero-order valence-electron chi connectivity index (χ0n) is 18.1. The van der Waals surface area contributed by atoms with Crippen LogP contribution < -0.4 is 14.8 Å². The van der Waals surface area contributed by atoms with Gasteiger partial charge >= 0.3 is 0 Å². The van der Waals surface area contributed by atoms with Crippen molar-refractivity contribution in [3.8, 4) is 11.5 Å². The molecule has 0 saturated carbocycles. The van der Waals surface area contributed by atoms with Crippen LogP contribution in [0.2, 0.25) is 0 Å². The van der Waals surface area contributed by atoms with Crippen LogP contribution in [0.5, 0.6) is 11.5 Å². The van der Waals surface area contributed by atoms with Crippen LogP contribution in [-0.2, 0) is 6.54 Å². The first-order valence-electron chi connectivity index (χ1n) is 10.5. The number of piperidine rings is 1. The first-order chi connectivity index (χ1) is 15.6. The highest BCUT2D eigenvalue weighted by Crippen LogP contribution is 2.31. The number of rotatable bonds is 7. The third-order valence-corrected chi connectivity index (χ3v) is 5.69. The second-order valence-electron chi connectivity index (χ2n) is 7.82. The van der Waals surface area contributed by atoms with Crippen LogP contribution >= 0.6 is 0 Å². The fourth-order valence-electron chi connectivity index (χ4n) is 3.98. The number of carbonyl (C=O) groups excluding carboxylic acids is 1. The number of likely N-dealkylation sites (tertiary alicyclic amines) is 1. The summed E-state index contributed by atoms with van der Waals surface area (Å²) < 4.78 is 29.2. The molecular weight excluding hydrogens is 413 g/mol. The van der Waals surface area contributed by atoms with Gasteiger partial charge in [-0.1, -0.05) is 17.3 Å². The zero-order valence-corrected chi connectivity index (χ0v) is 18.1. The number of amides is 1. The Morgan fingerprint density at radius 2 is 1.91 bits per heavy atom. The molecule has 3 aromatic rings. The summed E-state index contributed by atoms with van der Waals surface area (Å²) in [7, 11) is 3.09. The molecule has 0 aliphatic carbocycles. The molecule has 168 valence electrons. The number of halogens is 1. The van der Waals surface area contributed by atoms with Crippen molar-refractivity contribution < 1.29 is 23.2 Å². The van der Waals surface area contributed by atoms with E-state index in [-0.39, 0.29) is 23.4 Å². The minimum absolute atomic E-state index is 0.164. The van der Waals surface area contributed by atoms with Gasteiger partial charge in [-0.05, 0) is 55.8 Å². The lowest BCUT2D eigenvalue weighted by Gasteiger charge is -2.31. The number of benzene rings is 2.